The molecule has 8 heteroatoms. The SMILES string of the molecule is CCOC(=O)[C@@H](NC(C)=O)C1(O)CCN(C(=O)OC(C)(C)C)CC1. The van der Waals surface area contributed by atoms with Crippen molar-refractivity contribution in [3.05, 3.63) is 0 Å². The summed E-state index contributed by atoms with van der Waals surface area (Å²) in [6.45, 7) is 8.84. The Labute approximate surface area is 142 Å². The minimum absolute atomic E-state index is 0.135. The summed E-state index contributed by atoms with van der Waals surface area (Å²) in [4.78, 5) is 37.0. The van der Waals surface area contributed by atoms with Gasteiger partial charge in [-0.15, -0.1) is 0 Å². The van der Waals surface area contributed by atoms with Crippen molar-refractivity contribution in [1.82, 2.24) is 10.2 Å². The number of likely N-dealkylation sites (tertiary alicyclic amines) is 1. The summed E-state index contributed by atoms with van der Waals surface area (Å²) in [5.74, 6) is -1.11. The maximum Gasteiger partial charge on any atom is 0.410 e. The highest BCUT2D eigenvalue weighted by Gasteiger charge is 2.46. The van der Waals surface area contributed by atoms with Crippen LogP contribution >= 0.6 is 0 Å². The fraction of sp³-hybridized carbons (Fsp3) is 0.812. The number of ether oxygens (including phenoxy) is 2. The maximum atomic E-state index is 12.1. The molecule has 0 aromatic rings. The monoisotopic (exact) mass is 344 g/mol. The van der Waals surface area contributed by atoms with Gasteiger partial charge in [-0.05, 0) is 40.5 Å². The second kappa shape index (κ2) is 7.83. The van der Waals surface area contributed by atoms with Crippen LogP contribution in [-0.4, -0.2) is 64.9 Å². The number of carbonyl (C=O) groups is 3. The fourth-order valence-corrected chi connectivity index (χ4v) is 2.53. The number of esters is 1. The second-order valence-corrected chi connectivity index (χ2v) is 6.96. The van der Waals surface area contributed by atoms with E-state index in [0.717, 1.165) is 0 Å². The highest BCUT2D eigenvalue weighted by atomic mass is 16.6. The molecule has 1 heterocycles. The van der Waals surface area contributed by atoms with Crippen LogP contribution in [0.25, 0.3) is 0 Å². The molecule has 0 aliphatic carbocycles. The predicted molar refractivity (Wildman–Crippen MR) is 86.2 cm³/mol. The van der Waals surface area contributed by atoms with E-state index in [4.69, 9.17) is 9.47 Å². The van der Waals surface area contributed by atoms with Gasteiger partial charge in [0.1, 0.15) is 5.60 Å². The summed E-state index contributed by atoms with van der Waals surface area (Å²) in [7, 11) is 0. The van der Waals surface area contributed by atoms with Gasteiger partial charge in [0.25, 0.3) is 0 Å². The molecule has 1 rings (SSSR count). The minimum atomic E-state index is -1.46. The molecule has 138 valence electrons. The van der Waals surface area contributed by atoms with Gasteiger partial charge in [-0.25, -0.2) is 9.59 Å². The number of hydrogen-bond acceptors (Lipinski definition) is 6. The van der Waals surface area contributed by atoms with E-state index < -0.39 is 35.2 Å². The van der Waals surface area contributed by atoms with E-state index in [-0.39, 0.29) is 32.5 Å². The first kappa shape index (κ1) is 20.2. The van der Waals surface area contributed by atoms with Gasteiger partial charge in [0.2, 0.25) is 5.91 Å². The van der Waals surface area contributed by atoms with Crippen LogP contribution < -0.4 is 5.32 Å². The van der Waals surface area contributed by atoms with Crippen molar-refractivity contribution in [2.45, 2.75) is 64.7 Å². The first-order valence-electron chi connectivity index (χ1n) is 8.12. The molecule has 0 aromatic carbocycles. The Balaban J connectivity index is 2.77. The summed E-state index contributed by atoms with van der Waals surface area (Å²) < 4.78 is 10.2. The van der Waals surface area contributed by atoms with Gasteiger partial charge in [0, 0.05) is 20.0 Å². The minimum Gasteiger partial charge on any atom is -0.464 e. The van der Waals surface area contributed by atoms with Gasteiger partial charge >= 0.3 is 12.1 Å². The number of aliphatic hydroxyl groups is 1. The smallest absolute Gasteiger partial charge is 0.410 e. The zero-order valence-corrected chi connectivity index (χ0v) is 15.0. The molecule has 1 fully saturated rings. The molecule has 0 saturated carbocycles. The van der Waals surface area contributed by atoms with Crippen LogP contribution in [0.15, 0.2) is 0 Å². The van der Waals surface area contributed by atoms with E-state index in [9.17, 15) is 19.5 Å². The first-order chi connectivity index (χ1) is 11.0. The zero-order valence-electron chi connectivity index (χ0n) is 15.0. The topological polar surface area (TPSA) is 105 Å². The van der Waals surface area contributed by atoms with E-state index in [0.29, 0.717) is 0 Å². The molecule has 0 aromatic heterocycles. The van der Waals surface area contributed by atoms with E-state index >= 15 is 0 Å². The lowest BCUT2D eigenvalue weighted by Gasteiger charge is -2.41. The normalized spacial score (nSPS) is 18.5. The highest BCUT2D eigenvalue weighted by Crippen LogP contribution is 2.27. The summed E-state index contributed by atoms with van der Waals surface area (Å²) in [6.07, 6.45) is -0.191. The molecule has 0 radical (unpaired) electrons. The van der Waals surface area contributed by atoms with Gasteiger partial charge in [-0.1, -0.05) is 0 Å². The van der Waals surface area contributed by atoms with Crippen molar-refractivity contribution in [1.29, 1.82) is 0 Å². The summed E-state index contributed by atoms with van der Waals surface area (Å²) >= 11 is 0. The number of nitrogens with zero attached hydrogens (tertiary/aromatic N) is 1. The molecule has 1 saturated heterocycles. The molecule has 1 aliphatic heterocycles. The lowest BCUT2D eigenvalue weighted by molar-refractivity contribution is -0.158. The van der Waals surface area contributed by atoms with Crippen molar-refractivity contribution >= 4 is 18.0 Å². The number of rotatable bonds is 4. The molecular weight excluding hydrogens is 316 g/mol. The van der Waals surface area contributed by atoms with Crippen LogP contribution in [0.3, 0.4) is 0 Å². The third kappa shape index (κ3) is 5.67. The molecule has 2 N–H and O–H groups in total. The number of nitrogens with one attached hydrogen (secondary N) is 1. The summed E-state index contributed by atoms with van der Waals surface area (Å²) in [5.41, 5.74) is -2.06. The van der Waals surface area contributed by atoms with E-state index in [1.54, 1.807) is 27.7 Å². The van der Waals surface area contributed by atoms with Gasteiger partial charge in [0.05, 0.1) is 12.2 Å². The van der Waals surface area contributed by atoms with Crippen molar-refractivity contribution in [3.63, 3.8) is 0 Å². The molecule has 2 amide bonds. The third-order valence-electron chi connectivity index (χ3n) is 3.69. The average Bonchev–Trinajstić information content (AvgIpc) is 2.43. The average molecular weight is 344 g/mol. The van der Waals surface area contributed by atoms with Crippen LogP contribution in [0.4, 0.5) is 4.79 Å². The molecule has 1 aliphatic rings. The molecular formula is C16H28N2O6. The van der Waals surface area contributed by atoms with Crippen LogP contribution in [0, 0.1) is 0 Å². The standard InChI is InChI=1S/C16H28N2O6/c1-6-23-13(20)12(17-11(2)19)16(22)7-9-18(10-8-16)14(21)24-15(3,4)5/h12,22H,6-10H2,1-5H3,(H,17,19)/t12-/m1/s1. The van der Waals surface area contributed by atoms with E-state index in [2.05, 4.69) is 5.32 Å². The van der Waals surface area contributed by atoms with Crippen molar-refractivity contribution in [2.75, 3.05) is 19.7 Å². The third-order valence-corrected chi connectivity index (χ3v) is 3.69. The molecule has 0 bridgehead atoms. The highest BCUT2D eigenvalue weighted by molar-refractivity contribution is 5.84. The first-order valence-corrected chi connectivity index (χ1v) is 8.12. The van der Waals surface area contributed by atoms with Gasteiger partial charge < -0.3 is 24.8 Å². The Morgan fingerprint density at radius 3 is 2.21 bits per heavy atom. The Morgan fingerprint density at radius 2 is 1.79 bits per heavy atom. The Hall–Kier alpha value is -1.83. The lowest BCUT2D eigenvalue weighted by atomic mass is 9.84. The fourth-order valence-electron chi connectivity index (χ4n) is 2.53. The molecule has 0 spiro atoms. The number of amides is 2. The van der Waals surface area contributed by atoms with Crippen LogP contribution in [0.2, 0.25) is 0 Å². The zero-order chi connectivity index (χ0) is 18.5. The second-order valence-electron chi connectivity index (χ2n) is 6.96. The lowest BCUT2D eigenvalue weighted by Crippen LogP contribution is -2.61. The maximum absolute atomic E-state index is 12.1. The van der Waals surface area contributed by atoms with Gasteiger partial charge in [-0.2, -0.15) is 0 Å². The summed E-state index contributed by atoms with van der Waals surface area (Å²) in [6, 6.07) is -1.16. The molecule has 1 atom stereocenters. The van der Waals surface area contributed by atoms with Crippen molar-refractivity contribution in [3.8, 4) is 0 Å². The quantitative estimate of drug-likeness (QED) is 0.732. The Bertz CT molecular complexity index is 477. The molecule has 0 unspecified atom stereocenters. The Kier molecular flexibility index (Phi) is 6.59. The van der Waals surface area contributed by atoms with Crippen molar-refractivity contribution < 1.29 is 29.0 Å². The number of piperidine rings is 1. The largest absolute Gasteiger partial charge is 0.464 e. The van der Waals surface area contributed by atoms with Crippen LogP contribution in [0.1, 0.15) is 47.5 Å². The van der Waals surface area contributed by atoms with Gasteiger partial charge in [0.15, 0.2) is 6.04 Å². The summed E-state index contributed by atoms with van der Waals surface area (Å²) in [5, 5.41) is 13.3. The number of hydrogen-bond donors (Lipinski definition) is 2. The van der Waals surface area contributed by atoms with E-state index in [1.807, 2.05) is 0 Å². The molecule has 8 nitrogen and oxygen atoms in total. The number of carbonyl (C=O) groups excluding carboxylic acids is 3. The molecule has 24 heavy (non-hydrogen) atoms. The Morgan fingerprint density at radius 1 is 1.25 bits per heavy atom. The van der Waals surface area contributed by atoms with Crippen LogP contribution in [0.5, 0.6) is 0 Å². The van der Waals surface area contributed by atoms with Gasteiger partial charge in [-0.3, -0.25) is 4.79 Å². The van der Waals surface area contributed by atoms with Crippen molar-refractivity contribution in [2.24, 2.45) is 0 Å². The van der Waals surface area contributed by atoms with E-state index in [1.165, 1.54) is 11.8 Å². The van der Waals surface area contributed by atoms with Crippen LogP contribution in [-0.2, 0) is 19.1 Å². The predicted octanol–water partition coefficient (Wildman–Crippen LogP) is 0.816.